The number of unbranched alkanes of at least 4 members (excludes halogenated alkanes) is 2. The zero-order valence-electron chi connectivity index (χ0n) is 17.3. The lowest BCUT2D eigenvalue weighted by Crippen LogP contribution is -2.41. The van der Waals surface area contributed by atoms with Crippen molar-refractivity contribution in [3.63, 3.8) is 0 Å². The van der Waals surface area contributed by atoms with Gasteiger partial charge in [-0.15, -0.1) is 24.0 Å². The van der Waals surface area contributed by atoms with Crippen molar-refractivity contribution in [2.24, 2.45) is 4.99 Å². The Hall–Kier alpha value is -1.35. The third kappa shape index (κ3) is 8.77. The molecule has 2 rings (SSSR count). The maximum Gasteiger partial charge on any atom is 0.253 e. The molecule has 28 heavy (non-hydrogen) atoms. The van der Waals surface area contributed by atoms with Crippen LogP contribution in [0.1, 0.15) is 57.9 Å². The summed E-state index contributed by atoms with van der Waals surface area (Å²) in [5.41, 5.74) is 1.88. The number of amides is 1. The van der Waals surface area contributed by atoms with Crippen LogP contribution in [0.15, 0.2) is 29.3 Å². The minimum Gasteiger partial charge on any atom is -0.368 e. The molecule has 0 aliphatic carbocycles. The van der Waals surface area contributed by atoms with Gasteiger partial charge in [-0.2, -0.15) is 0 Å². The molecule has 1 aromatic rings. The number of carbonyl (C=O) groups is 1. The van der Waals surface area contributed by atoms with Crippen LogP contribution in [0.4, 0.5) is 5.69 Å². The Morgan fingerprint density at radius 1 is 1.36 bits per heavy atom. The summed E-state index contributed by atoms with van der Waals surface area (Å²) in [6.45, 7) is 5.72. The molecular formula is C21H35IN4O2. The monoisotopic (exact) mass is 502 g/mol. The number of anilines is 1. The Morgan fingerprint density at radius 2 is 2.18 bits per heavy atom. The Labute approximate surface area is 186 Å². The van der Waals surface area contributed by atoms with Gasteiger partial charge >= 0.3 is 0 Å². The quantitative estimate of drug-likeness (QED) is 0.206. The molecule has 6 nitrogen and oxygen atoms in total. The molecule has 0 radical (unpaired) electrons. The number of ether oxygens (including phenoxy) is 1. The first-order valence-corrected chi connectivity index (χ1v) is 10.1. The van der Waals surface area contributed by atoms with E-state index in [4.69, 9.17) is 4.74 Å². The predicted octanol–water partition coefficient (Wildman–Crippen LogP) is 4.06. The molecular weight excluding hydrogens is 467 g/mol. The largest absolute Gasteiger partial charge is 0.368 e. The second-order valence-corrected chi connectivity index (χ2v) is 7.16. The SMILES string of the molecule is CCCCCC(C)NC(=NC)NCc1cccc(NC(=O)C2CCCO2)c1.I. The summed E-state index contributed by atoms with van der Waals surface area (Å²) < 4.78 is 5.43. The highest BCUT2D eigenvalue weighted by atomic mass is 127. The van der Waals surface area contributed by atoms with E-state index >= 15 is 0 Å². The van der Waals surface area contributed by atoms with Crippen LogP contribution in [0.3, 0.4) is 0 Å². The van der Waals surface area contributed by atoms with Crippen LogP contribution in [0.2, 0.25) is 0 Å². The van der Waals surface area contributed by atoms with Gasteiger partial charge in [-0.1, -0.05) is 38.3 Å². The minimum absolute atomic E-state index is 0. The van der Waals surface area contributed by atoms with Crippen molar-refractivity contribution in [2.75, 3.05) is 19.0 Å². The summed E-state index contributed by atoms with van der Waals surface area (Å²) in [6, 6.07) is 8.26. The Kier molecular flexibility index (Phi) is 12.1. The molecule has 1 amide bonds. The molecule has 1 heterocycles. The number of nitrogens with one attached hydrogen (secondary N) is 3. The molecule has 0 spiro atoms. The molecule has 2 unspecified atom stereocenters. The Morgan fingerprint density at radius 3 is 2.86 bits per heavy atom. The second kappa shape index (κ2) is 13.8. The molecule has 1 aromatic carbocycles. The molecule has 0 saturated carbocycles. The van der Waals surface area contributed by atoms with E-state index in [1.807, 2.05) is 24.3 Å². The summed E-state index contributed by atoms with van der Waals surface area (Å²) in [5.74, 6) is 0.740. The lowest BCUT2D eigenvalue weighted by atomic mass is 10.1. The summed E-state index contributed by atoms with van der Waals surface area (Å²) in [4.78, 5) is 16.5. The fourth-order valence-corrected chi connectivity index (χ4v) is 3.15. The van der Waals surface area contributed by atoms with Crippen molar-refractivity contribution in [3.8, 4) is 0 Å². The number of hydrogen-bond acceptors (Lipinski definition) is 3. The normalized spacial score (nSPS) is 17.5. The number of carbonyl (C=O) groups excluding carboxylic acids is 1. The fraction of sp³-hybridized carbons (Fsp3) is 0.619. The van der Waals surface area contributed by atoms with Crippen molar-refractivity contribution in [1.82, 2.24) is 10.6 Å². The van der Waals surface area contributed by atoms with Crippen molar-refractivity contribution in [3.05, 3.63) is 29.8 Å². The van der Waals surface area contributed by atoms with Gasteiger partial charge in [0.2, 0.25) is 0 Å². The molecule has 1 saturated heterocycles. The molecule has 1 aliphatic heterocycles. The summed E-state index contributed by atoms with van der Waals surface area (Å²) in [7, 11) is 1.78. The zero-order chi connectivity index (χ0) is 19.5. The number of guanidine groups is 1. The standard InChI is InChI=1S/C21H34N4O2.HI/c1-4-5-6-9-16(2)24-21(22-3)23-15-17-10-7-11-18(14-17)25-20(26)19-12-8-13-27-19;/h7,10-11,14,16,19H,4-6,8-9,12-13,15H2,1-3H3,(H,25,26)(H2,22,23,24);1H. The first kappa shape index (κ1) is 24.7. The van der Waals surface area contributed by atoms with E-state index in [-0.39, 0.29) is 36.0 Å². The van der Waals surface area contributed by atoms with Crippen molar-refractivity contribution >= 4 is 41.5 Å². The number of benzene rings is 1. The van der Waals surface area contributed by atoms with Crippen LogP contribution in [-0.4, -0.2) is 37.7 Å². The van der Waals surface area contributed by atoms with Crippen LogP contribution in [0.25, 0.3) is 0 Å². The van der Waals surface area contributed by atoms with Crippen LogP contribution >= 0.6 is 24.0 Å². The molecule has 1 aliphatic rings. The van der Waals surface area contributed by atoms with Crippen LogP contribution in [0.5, 0.6) is 0 Å². The van der Waals surface area contributed by atoms with Gasteiger partial charge in [0, 0.05) is 31.9 Å². The van der Waals surface area contributed by atoms with E-state index in [2.05, 4.69) is 34.8 Å². The van der Waals surface area contributed by atoms with Gasteiger partial charge in [0.05, 0.1) is 0 Å². The second-order valence-electron chi connectivity index (χ2n) is 7.16. The van der Waals surface area contributed by atoms with Crippen molar-refractivity contribution in [1.29, 1.82) is 0 Å². The zero-order valence-corrected chi connectivity index (χ0v) is 19.6. The number of aliphatic imine (C=N–C) groups is 1. The maximum atomic E-state index is 12.2. The average molecular weight is 502 g/mol. The summed E-state index contributed by atoms with van der Waals surface area (Å²) >= 11 is 0. The average Bonchev–Trinajstić information content (AvgIpc) is 3.20. The lowest BCUT2D eigenvalue weighted by molar-refractivity contribution is -0.124. The highest BCUT2D eigenvalue weighted by Gasteiger charge is 2.23. The molecule has 3 N–H and O–H groups in total. The summed E-state index contributed by atoms with van der Waals surface area (Å²) in [6.07, 6.45) is 6.30. The topological polar surface area (TPSA) is 74.8 Å². The van der Waals surface area contributed by atoms with E-state index in [1.165, 1.54) is 19.3 Å². The minimum atomic E-state index is -0.316. The fourth-order valence-electron chi connectivity index (χ4n) is 3.15. The third-order valence-corrected chi connectivity index (χ3v) is 4.72. The van der Waals surface area contributed by atoms with Gasteiger partial charge in [-0.25, -0.2) is 0 Å². The molecule has 0 bridgehead atoms. The van der Waals surface area contributed by atoms with Gasteiger partial charge in [0.25, 0.3) is 5.91 Å². The van der Waals surface area contributed by atoms with Gasteiger partial charge in [-0.3, -0.25) is 9.79 Å². The van der Waals surface area contributed by atoms with Crippen LogP contribution in [-0.2, 0) is 16.1 Å². The molecule has 1 fully saturated rings. The highest BCUT2D eigenvalue weighted by molar-refractivity contribution is 14.0. The predicted molar refractivity (Wildman–Crippen MR) is 126 cm³/mol. The van der Waals surface area contributed by atoms with Gasteiger partial charge in [-0.05, 0) is 43.9 Å². The lowest BCUT2D eigenvalue weighted by Gasteiger charge is -2.18. The Balaban J connectivity index is 0.00000392. The van der Waals surface area contributed by atoms with E-state index < -0.39 is 0 Å². The molecule has 2 atom stereocenters. The van der Waals surface area contributed by atoms with Crippen molar-refractivity contribution < 1.29 is 9.53 Å². The first-order chi connectivity index (χ1) is 13.1. The van der Waals surface area contributed by atoms with Gasteiger partial charge < -0.3 is 20.7 Å². The van der Waals surface area contributed by atoms with Crippen molar-refractivity contribution in [2.45, 2.75) is 71.1 Å². The Bertz CT molecular complexity index is 618. The first-order valence-electron chi connectivity index (χ1n) is 10.1. The summed E-state index contributed by atoms with van der Waals surface area (Å²) in [5, 5.41) is 9.73. The smallest absolute Gasteiger partial charge is 0.253 e. The number of halogens is 1. The molecule has 0 aromatic heterocycles. The highest BCUT2D eigenvalue weighted by Crippen LogP contribution is 2.16. The van der Waals surface area contributed by atoms with Gasteiger partial charge in [0.1, 0.15) is 6.10 Å². The van der Waals surface area contributed by atoms with Crippen LogP contribution < -0.4 is 16.0 Å². The van der Waals surface area contributed by atoms with E-state index in [9.17, 15) is 4.79 Å². The van der Waals surface area contributed by atoms with E-state index in [0.29, 0.717) is 19.2 Å². The van der Waals surface area contributed by atoms with Crippen LogP contribution in [0, 0.1) is 0 Å². The maximum absolute atomic E-state index is 12.2. The number of rotatable bonds is 9. The third-order valence-electron chi connectivity index (χ3n) is 4.72. The number of hydrogen-bond donors (Lipinski definition) is 3. The van der Waals surface area contributed by atoms with Gasteiger partial charge in [0.15, 0.2) is 5.96 Å². The van der Waals surface area contributed by atoms with E-state index in [0.717, 1.165) is 36.5 Å². The number of nitrogens with zero attached hydrogens (tertiary/aromatic N) is 1. The molecule has 7 heteroatoms. The molecule has 158 valence electrons. The van der Waals surface area contributed by atoms with E-state index in [1.54, 1.807) is 7.05 Å².